The number of hydrogen-bond donors (Lipinski definition) is 2. The molecular weight excluding hydrogens is 220 g/mol. The van der Waals surface area contributed by atoms with Crippen molar-refractivity contribution in [3.8, 4) is 0 Å². The van der Waals surface area contributed by atoms with Gasteiger partial charge in [-0.1, -0.05) is 6.92 Å². The minimum absolute atomic E-state index is 0.0807. The number of amides is 1. The van der Waals surface area contributed by atoms with E-state index in [4.69, 9.17) is 4.74 Å². The molecule has 1 aliphatic rings. The first-order valence-corrected chi connectivity index (χ1v) is 6.11. The van der Waals surface area contributed by atoms with Crippen molar-refractivity contribution in [3.05, 3.63) is 0 Å². The highest BCUT2D eigenvalue weighted by Gasteiger charge is 2.38. The molecule has 0 spiro atoms. The van der Waals surface area contributed by atoms with E-state index < -0.39 is 11.2 Å². The quantitative estimate of drug-likeness (QED) is 0.714. The summed E-state index contributed by atoms with van der Waals surface area (Å²) < 4.78 is 5.28. The van der Waals surface area contributed by atoms with Crippen LogP contribution in [0.15, 0.2) is 0 Å². The number of carbonyl (C=O) groups excluding carboxylic acids is 1. The molecular formula is C12H24N2O3. The molecule has 5 nitrogen and oxygen atoms in total. The van der Waals surface area contributed by atoms with Crippen LogP contribution in [0.1, 0.15) is 26.7 Å². The maximum atomic E-state index is 12.2. The number of β-amino-alcohol motifs (C(OH)–C–C–N with tert-alkyl or cyclic N) is 1. The van der Waals surface area contributed by atoms with E-state index in [1.54, 1.807) is 26.0 Å². The Morgan fingerprint density at radius 1 is 1.65 bits per heavy atom. The fraction of sp³-hybridized carbons (Fsp3) is 0.917. The van der Waals surface area contributed by atoms with E-state index in [0.29, 0.717) is 25.9 Å². The van der Waals surface area contributed by atoms with Crippen LogP contribution in [-0.4, -0.2) is 60.9 Å². The largest absolute Gasteiger partial charge is 0.387 e. The average molecular weight is 244 g/mol. The fourth-order valence-electron chi connectivity index (χ4n) is 2.17. The van der Waals surface area contributed by atoms with Crippen molar-refractivity contribution in [2.45, 2.75) is 37.9 Å². The Balaban J connectivity index is 2.63. The molecule has 0 aromatic rings. The smallest absolute Gasteiger partial charge is 0.254 e. The van der Waals surface area contributed by atoms with Gasteiger partial charge >= 0.3 is 0 Å². The number of rotatable bonds is 5. The Kier molecular flexibility index (Phi) is 4.52. The van der Waals surface area contributed by atoms with Crippen molar-refractivity contribution in [3.63, 3.8) is 0 Å². The molecule has 0 aromatic carbocycles. The summed E-state index contributed by atoms with van der Waals surface area (Å²) >= 11 is 0. The molecule has 0 aliphatic carbocycles. The third-order valence-corrected chi connectivity index (χ3v) is 3.68. The number of nitrogens with zero attached hydrogens (tertiary/aromatic N) is 1. The van der Waals surface area contributed by atoms with Crippen molar-refractivity contribution >= 4 is 5.91 Å². The second-order valence-corrected chi connectivity index (χ2v) is 5.10. The van der Waals surface area contributed by atoms with Crippen LogP contribution in [0, 0.1) is 0 Å². The molecule has 17 heavy (non-hydrogen) atoms. The number of methoxy groups -OCH3 is 1. The van der Waals surface area contributed by atoms with Crippen molar-refractivity contribution in [2.75, 3.05) is 33.8 Å². The van der Waals surface area contributed by atoms with Gasteiger partial charge in [0.2, 0.25) is 0 Å². The highest BCUT2D eigenvalue weighted by Crippen LogP contribution is 2.20. The Morgan fingerprint density at radius 3 is 2.71 bits per heavy atom. The molecule has 1 amide bonds. The second-order valence-electron chi connectivity index (χ2n) is 5.10. The predicted octanol–water partition coefficient (Wildman–Crippen LogP) is -0.0157. The first-order valence-electron chi connectivity index (χ1n) is 6.11. The lowest BCUT2D eigenvalue weighted by Crippen LogP contribution is -2.52. The third kappa shape index (κ3) is 3.18. The van der Waals surface area contributed by atoms with Gasteiger partial charge in [-0.25, -0.2) is 0 Å². The SMILES string of the molecule is CCC(C)(OC)C(=O)N(C)CC1(O)CCNC1. The Bertz CT molecular complexity index is 271. The lowest BCUT2D eigenvalue weighted by Gasteiger charge is -2.34. The van der Waals surface area contributed by atoms with E-state index in [2.05, 4.69) is 5.32 Å². The number of nitrogens with one attached hydrogen (secondary N) is 1. The highest BCUT2D eigenvalue weighted by atomic mass is 16.5. The van der Waals surface area contributed by atoms with Gasteiger partial charge in [0.1, 0.15) is 5.60 Å². The summed E-state index contributed by atoms with van der Waals surface area (Å²) in [5.74, 6) is -0.0807. The van der Waals surface area contributed by atoms with Crippen molar-refractivity contribution in [2.24, 2.45) is 0 Å². The molecule has 2 unspecified atom stereocenters. The first kappa shape index (κ1) is 14.4. The number of carbonyl (C=O) groups is 1. The molecule has 1 rings (SSSR count). The van der Waals surface area contributed by atoms with E-state index in [1.807, 2.05) is 6.92 Å². The molecule has 0 bridgehead atoms. The van der Waals surface area contributed by atoms with Gasteiger partial charge in [-0.15, -0.1) is 0 Å². The van der Waals surface area contributed by atoms with Crippen LogP contribution in [0.2, 0.25) is 0 Å². The summed E-state index contributed by atoms with van der Waals surface area (Å²) in [6.45, 7) is 5.38. The summed E-state index contributed by atoms with van der Waals surface area (Å²) in [5, 5.41) is 13.3. The topological polar surface area (TPSA) is 61.8 Å². The van der Waals surface area contributed by atoms with Gasteiger partial charge in [0, 0.05) is 20.7 Å². The van der Waals surface area contributed by atoms with Crippen LogP contribution in [-0.2, 0) is 9.53 Å². The summed E-state index contributed by atoms with van der Waals surface area (Å²) in [7, 11) is 3.26. The zero-order valence-electron chi connectivity index (χ0n) is 11.2. The zero-order valence-corrected chi connectivity index (χ0v) is 11.2. The number of hydrogen-bond acceptors (Lipinski definition) is 4. The maximum Gasteiger partial charge on any atom is 0.254 e. The third-order valence-electron chi connectivity index (χ3n) is 3.68. The molecule has 1 heterocycles. The van der Waals surface area contributed by atoms with Gasteiger partial charge in [-0.3, -0.25) is 4.79 Å². The molecule has 1 aliphatic heterocycles. The van der Waals surface area contributed by atoms with Crippen molar-refractivity contribution in [1.82, 2.24) is 10.2 Å². The van der Waals surface area contributed by atoms with Gasteiger partial charge in [-0.05, 0) is 26.3 Å². The normalized spacial score (nSPS) is 27.8. The summed E-state index contributed by atoms with van der Waals surface area (Å²) in [4.78, 5) is 13.8. The van der Waals surface area contributed by atoms with Crippen LogP contribution in [0.3, 0.4) is 0 Å². The molecule has 5 heteroatoms. The first-order chi connectivity index (χ1) is 7.87. The van der Waals surface area contributed by atoms with Crippen molar-refractivity contribution < 1.29 is 14.6 Å². The van der Waals surface area contributed by atoms with Crippen LogP contribution in [0.5, 0.6) is 0 Å². The van der Waals surface area contributed by atoms with Crippen LogP contribution in [0.25, 0.3) is 0 Å². The van der Waals surface area contributed by atoms with E-state index in [1.165, 1.54) is 0 Å². The van der Waals surface area contributed by atoms with Crippen LogP contribution in [0.4, 0.5) is 0 Å². The van der Waals surface area contributed by atoms with E-state index >= 15 is 0 Å². The molecule has 0 aromatic heterocycles. The summed E-state index contributed by atoms with van der Waals surface area (Å²) in [6, 6.07) is 0. The lowest BCUT2D eigenvalue weighted by atomic mass is 9.98. The summed E-state index contributed by atoms with van der Waals surface area (Å²) in [5.41, 5.74) is -1.59. The van der Waals surface area contributed by atoms with Crippen molar-refractivity contribution in [1.29, 1.82) is 0 Å². The van der Waals surface area contributed by atoms with Gasteiger partial charge in [0.15, 0.2) is 0 Å². The van der Waals surface area contributed by atoms with Gasteiger partial charge in [0.25, 0.3) is 5.91 Å². The van der Waals surface area contributed by atoms with E-state index in [-0.39, 0.29) is 5.91 Å². The average Bonchev–Trinajstić information content (AvgIpc) is 2.73. The molecule has 1 saturated heterocycles. The highest BCUT2D eigenvalue weighted by molar-refractivity contribution is 5.84. The molecule has 1 fully saturated rings. The molecule has 0 radical (unpaired) electrons. The zero-order chi connectivity index (χ0) is 13.1. The van der Waals surface area contributed by atoms with E-state index in [9.17, 15) is 9.90 Å². The van der Waals surface area contributed by atoms with Gasteiger partial charge in [0.05, 0.1) is 12.1 Å². The van der Waals surface area contributed by atoms with Crippen LogP contribution >= 0.6 is 0 Å². The Hall–Kier alpha value is -0.650. The minimum atomic E-state index is -0.799. The van der Waals surface area contributed by atoms with Gasteiger partial charge < -0.3 is 20.1 Å². The number of aliphatic hydroxyl groups is 1. The lowest BCUT2D eigenvalue weighted by molar-refractivity contribution is -0.154. The number of ether oxygens (including phenoxy) is 1. The number of likely N-dealkylation sites (N-methyl/N-ethyl adjacent to an activating group) is 1. The standard InChI is InChI=1S/C12H24N2O3/c1-5-11(2,17-4)10(15)14(3)9-12(16)6-7-13-8-12/h13,16H,5-9H2,1-4H3. The minimum Gasteiger partial charge on any atom is -0.387 e. The predicted molar refractivity (Wildman–Crippen MR) is 65.8 cm³/mol. The van der Waals surface area contributed by atoms with E-state index in [0.717, 1.165) is 6.54 Å². The molecule has 0 saturated carbocycles. The Labute approximate surface area is 103 Å². The fourth-order valence-corrected chi connectivity index (χ4v) is 2.17. The maximum absolute atomic E-state index is 12.2. The Morgan fingerprint density at radius 2 is 2.29 bits per heavy atom. The molecule has 2 atom stereocenters. The van der Waals surface area contributed by atoms with Gasteiger partial charge in [-0.2, -0.15) is 0 Å². The molecule has 100 valence electrons. The monoisotopic (exact) mass is 244 g/mol. The van der Waals surface area contributed by atoms with Crippen LogP contribution < -0.4 is 5.32 Å². The summed E-state index contributed by atoms with van der Waals surface area (Å²) in [6.07, 6.45) is 1.30. The molecule has 2 N–H and O–H groups in total. The second kappa shape index (κ2) is 5.33.